The minimum absolute atomic E-state index is 0.432. The van der Waals surface area contributed by atoms with Gasteiger partial charge in [-0.15, -0.1) is 15.6 Å². The summed E-state index contributed by atoms with van der Waals surface area (Å²) >= 11 is 0. The molecule has 70 valence electrons. The molecule has 0 spiro atoms. The van der Waals surface area contributed by atoms with Crippen LogP contribution in [0.5, 0.6) is 0 Å². The Bertz CT molecular complexity index is 136. The third kappa shape index (κ3) is 7.86. The largest absolute Gasteiger partial charge is 0.697 e. The van der Waals surface area contributed by atoms with Crippen LogP contribution in [0.25, 0.3) is 0 Å². The summed E-state index contributed by atoms with van der Waals surface area (Å²) in [4.78, 5) is 0. The second kappa shape index (κ2) is 8.85. The molecule has 0 heterocycles. The normalized spacial score (nSPS) is 11.2. The van der Waals surface area contributed by atoms with Crippen LogP contribution in [0.1, 0.15) is 26.2 Å². The van der Waals surface area contributed by atoms with E-state index >= 15 is 0 Å². The summed E-state index contributed by atoms with van der Waals surface area (Å²) in [7, 11) is -1.88. The fraction of sp³-hybridized carbons (Fsp3) is 0.750. The lowest BCUT2D eigenvalue weighted by atomic mass is 10.2. The zero-order chi connectivity index (χ0) is 9.23. The van der Waals surface area contributed by atoms with Crippen LogP contribution in [0, 0.1) is 0 Å². The Labute approximate surface area is 74.7 Å². The summed E-state index contributed by atoms with van der Waals surface area (Å²) in [5.74, 6) is 0. The molecular formula is C8H16O3P+. The van der Waals surface area contributed by atoms with Gasteiger partial charge in [-0.2, -0.15) is 0 Å². The summed E-state index contributed by atoms with van der Waals surface area (Å²) in [5.41, 5.74) is 0. The zero-order valence-electron chi connectivity index (χ0n) is 7.49. The van der Waals surface area contributed by atoms with Gasteiger partial charge in [-0.05, 0) is 26.2 Å². The van der Waals surface area contributed by atoms with Gasteiger partial charge in [-0.3, -0.25) is 0 Å². The van der Waals surface area contributed by atoms with Crippen LogP contribution in [0.3, 0.4) is 0 Å². The molecule has 12 heavy (non-hydrogen) atoms. The predicted molar refractivity (Wildman–Crippen MR) is 49.2 cm³/mol. The highest BCUT2D eigenvalue weighted by atomic mass is 31.1. The van der Waals surface area contributed by atoms with Gasteiger partial charge >= 0.3 is 8.25 Å². The van der Waals surface area contributed by atoms with Gasteiger partial charge < -0.3 is 0 Å². The Balaban J connectivity index is 3.08. The molecule has 0 N–H and O–H groups in total. The number of rotatable bonds is 8. The van der Waals surface area contributed by atoms with Crippen LogP contribution < -0.4 is 0 Å². The van der Waals surface area contributed by atoms with E-state index in [4.69, 9.17) is 9.05 Å². The molecule has 0 aromatic rings. The summed E-state index contributed by atoms with van der Waals surface area (Å²) < 4.78 is 20.4. The summed E-state index contributed by atoms with van der Waals surface area (Å²) in [6.07, 6.45) is 4.77. The average molecular weight is 191 g/mol. The topological polar surface area (TPSA) is 35.5 Å². The number of allylic oxidation sites excluding steroid dienone is 1. The molecule has 0 aromatic carbocycles. The van der Waals surface area contributed by atoms with Crippen molar-refractivity contribution in [2.24, 2.45) is 0 Å². The maximum absolute atomic E-state index is 10.8. The first kappa shape index (κ1) is 11.8. The molecule has 3 nitrogen and oxygen atoms in total. The monoisotopic (exact) mass is 191 g/mol. The van der Waals surface area contributed by atoms with Gasteiger partial charge in [0.2, 0.25) is 0 Å². The summed E-state index contributed by atoms with van der Waals surface area (Å²) in [5, 5.41) is 0. The molecule has 1 unspecified atom stereocenters. The molecule has 0 aliphatic heterocycles. The van der Waals surface area contributed by atoms with Crippen molar-refractivity contribution in [3.05, 3.63) is 12.7 Å². The first-order valence-corrected chi connectivity index (χ1v) is 5.24. The van der Waals surface area contributed by atoms with E-state index in [1.807, 2.05) is 6.08 Å². The Hall–Kier alpha value is -0.240. The second-order valence-electron chi connectivity index (χ2n) is 2.26. The molecule has 0 bridgehead atoms. The van der Waals surface area contributed by atoms with Gasteiger partial charge in [0.1, 0.15) is 13.2 Å². The predicted octanol–water partition coefficient (Wildman–Crippen LogP) is 3.05. The fourth-order valence-electron chi connectivity index (χ4n) is 0.672. The minimum Gasteiger partial charge on any atom is -0.119 e. The highest BCUT2D eigenvalue weighted by Crippen LogP contribution is 2.23. The lowest BCUT2D eigenvalue weighted by molar-refractivity contribution is 0.230. The second-order valence-corrected chi connectivity index (χ2v) is 3.22. The van der Waals surface area contributed by atoms with Gasteiger partial charge in [-0.25, -0.2) is 0 Å². The smallest absolute Gasteiger partial charge is 0.119 e. The van der Waals surface area contributed by atoms with Crippen LogP contribution in [0.2, 0.25) is 0 Å². The van der Waals surface area contributed by atoms with Crippen molar-refractivity contribution in [3.8, 4) is 0 Å². The van der Waals surface area contributed by atoms with E-state index in [0.717, 1.165) is 19.3 Å². The van der Waals surface area contributed by atoms with Crippen LogP contribution in [0.15, 0.2) is 12.7 Å². The van der Waals surface area contributed by atoms with E-state index in [-0.39, 0.29) is 0 Å². The SMILES string of the molecule is C=CCCCCO[P+](=O)OCC. The number of hydrogen-bond acceptors (Lipinski definition) is 3. The lowest BCUT2D eigenvalue weighted by Crippen LogP contribution is -1.88. The average Bonchev–Trinajstić information content (AvgIpc) is 2.05. The quantitative estimate of drug-likeness (QED) is 0.336. The third-order valence-corrected chi connectivity index (χ3v) is 2.10. The zero-order valence-corrected chi connectivity index (χ0v) is 8.39. The van der Waals surface area contributed by atoms with Gasteiger partial charge in [0.05, 0.1) is 0 Å². The van der Waals surface area contributed by atoms with Crippen molar-refractivity contribution >= 4 is 8.25 Å². The maximum atomic E-state index is 10.8. The first-order chi connectivity index (χ1) is 5.81. The number of hydrogen-bond donors (Lipinski definition) is 0. The Morgan fingerprint density at radius 1 is 1.42 bits per heavy atom. The standard InChI is InChI=1S/C8H16O3P/c1-3-5-6-7-8-11-12(9)10-4-2/h3H,1,4-8H2,2H3/q+1. The van der Waals surface area contributed by atoms with Crippen molar-refractivity contribution in [1.82, 2.24) is 0 Å². The van der Waals surface area contributed by atoms with E-state index in [9.17, 15) is 4.57 Å². The molecular weight excluding hydrogens is 175 g/mol. The Kier molecular flexibility index (Phi) is 8.68. The minimum atomic E-state index is -1.88. The van der Waals surface area contributed by atoms with Crippen LogP contribution in [-0.4, -0.2) is 13.2 Å². The molecule has 4 heteroatoms. The molecule has 0 aliphatic rings. The van der Waals surface area contributed by atoms with Crippen LogP contribution >= 0.6 is 8.25 Å². The highest BCUT2D eigenvalue weighted by Gasteiger charge is 2.17. The molecule has 0 rings (SSSR count). The third-order valence-electron chi connectivity index (χ3n) is 1.23. The van der Waals surface area contributed by atoms with Gasteiger partial charge in [0, 0.05) is 4.57 Å². The van der Waals surface area contributed by atoms with E-state index in [1.165, 1.54) is 0 Å². The van der Waals surface area contributed by atoms with E-state index < -0.39 is 8.25 Å². The molecule has 0 aromatic heterocycles. The molecule has 1 atom stereocenters. The molecule has 0 fully saturated rings. The van der Waals surface area contributed by atoms with Crippen molar-refractivity contribution in [1.29, 1.82) is 0 Å². The van der Waals surface area contributed by atoms with Gasteiger partial charge in [-0.1, -0.05) is 6.08 Å². The molecule has 0 saturated carbocycles. The molecule has 0 radical (unpaired) electrons. The summed E-state index contributed by atoms with van der Waals surface area (Å²) in [6.45, 7) is 6.32. The van der Waals surface area contributed by atoms with E-state index in [1.54, 1.807) is 6.92 Å². The summed E-state index contributed by atoms with van der Waals surface area (Å²) in [6, 6.07) is 0. The van der Waals surface area contributed by atoms with Crippen molar-refractivity contribution < 1.29 is 13.6 Å². The first-order valence-electron chi connectivity index (χ1n) is 4.15. The molecule has 0 amide bonds. The molecule has 0 aliphatic carbocycles. The van der Waals surface area contributed by atoms with E-state index in [2.05, 4.69) is 6.58 Å². The number of unbranched alkanes of at least 4 members (excludes halogenated alkanes) is 2. The molecule has 0 saturated heterocycles. The maximum Gasteiger partial charge on any atom is 0.697 e. The van der Waals surface area contributed by atoms with Crippen LogP contribution in [-0.2, 0) is 13.6 Å². The highest BCUT2D eigenvalue weighted by molar-refractivity contribution is 7.33. The van der Waals surface area contributed by atoms with Gasteiger partial charge in [0.15, 0.2) is 0 Å². The lowest BCUT2D eigenvalue weighted by Gasteiger charge is -1.90. The van der Waals surface area contributed by atoms with Crippen LogP contribution in [0.4, 0.5) is 0 Å². The fourth-order valence-corrected chi connectivity index (χ4v) is 1.24. The van der Waals surface area contributed by atoms with Gasteiger partial charge in [0.25, 0.3) is 0 Å². The van der Waals surface area contributed by atoms with Crippen molar-refractivity contribution in [2.75, 3.05) is 13.2 Å². The Morgan fingerprint density at radius 3 is 2.75 bits per heavy atom. The van der Waals surface area contributed by atoms with Crippen molar-refractivity contribution in [3.63, 3.8) is 0 Å². The van der Waals surface area contributed by atoms with Crippen molar-refractivity contribution in [2.45, 2.75) is 26.2 Å². The Morgan fingerprint density at radius 2 is 2.17 bits per heavy atom. The van der Waals surface area contributed by atoms with E-state index in [0.29, 0.717) is 13.2 Å².